The second-order valence-corrected chi connectivity index (χ2v) is 8.74. The molecular formula is C18H17F3O4S. The minimum atomic E-state index is -5.81. The Morgan fingerprint density at radius 2 is 1.65 bits per heavy atom. The number of hydrogen-bond donors (Lipinski definition) is 0. The molecule has 0 amide bonds. The average molecular weight is 386 g/mol. The largest absolute Gasteiger partial charge is 0.534 e. The molecule has 0 heterocycles. The molecule has 26 heavy (non-hydrogen) atoms. The van der Waals surface area contributed by atoms with Gasteiger partial charge >= 0.3 is 15.6 Å². The first-order valence-corrected chi connectivity index (χ1v) is 9.27. The zero-order chi connectivity index (χ0) is 19.5. The van der Waals surface area contributed by atoms with Crippen LogP contribution in [0, 0.1) is 16.7 Å². The summed E-state index contributed by atoms with van der Waals surface area (Å²) in [6.45, 7) is 4.72. The molecule has 0 fully saturated rings. The van der Waals surface area contributed by atoms with Gasteiger partial charge in [0.25, 0.3) is 0 Å². The van der Waals surface area contributed by atoms with Gasteiger partial charge in [0.15, 0.2) is 5.78 Å². The van der Waals surface area contributed by atoms with E-state index in [1.807, 2.05) is 0 Å². The van der Waals surface area contributed by atoms with Crippen molar-refractivity contribution < 1.29 is 30.6 Å². The monoisotopic (exact) mass is 386 g/mol. The van der Waals surface area contributed by atoms with Crippen LogP contribution in [0.2, 0.25) is 0 Å². The first-order valence-electron chi connectivity index (χ1n) is 7.87. The number of carbonyl (C=O) groups is 1. The molecule has 3 aliphatic rings. The maximum atomic E-state index is 13.0. The molecule has 3 aliphatic carbocycles. The van der Waals surface area contributed by atoms with Crippen LogP contribution >= 0.6 is 0 Å². The Labute approximate surface area is 149 Å². The molecule has 0 radical (unpaired) electrons. The van der Waals surface area contributed by atoms with E-state index in [1.165, 1.54) is 6.08 Å². The van der Waals surface area contributed by atoms with E-state index < -0.39 is 32.4 Å². The van der Waals surface area contributed by atoms with Gasteiger partial charge in [-0.1, -0.05) is 50.3 Å². The van der Waals surface area contributed by atoms with E-state index in [0.717, 1.165) is 5.56 Å². The van der Waals surface area contributed by atoms with Crippen molar-refractivity contribution in [3.63, 3.8) is 0 Å². The number of rotatable bonds is 3. The van der Waals surface area contributed by atoms with Crippen LogP contribution in [0.25, 0.3) is 5.57 Å². The lowest BCUT2D eigenvalue weighted by molar-refractivity contribution is -0.136. The van der Waals surface area contributed by atoms with Gasteiger partial charge in [-0.05, 0) is 24.1 Å². The Kier molecular flexibility index (Phi) is 3.92. The highest BCUT2D eigenvalue weighted by atomic mass is 32.2. The number of hydrogen-bond acceptors (Lipinski definition) is 4. The number of ketones is 1. The van der Waals surface area contributed by atoms with E-state index in [1.54, 1.807) is 57.2 Å². The van der Waals surface area contributed by atoms with Crippen molar-refractivity contribution in [3.8, 4) is 0 Å². The molecule has 4 rings (SSSR count). The highest BCUT2D eigenvalue weighted by molar-refractivity contribution is 7.87. The van der Waals surface area contributed by atoms with Crippen molar-refractivity contribution in [1.29, 1.82) is 0 Å². The van der Waals surface area contributed by atoms with Gasteiger partial charge in [-0.3, -0.25) is 4.79 Å². The molecule has 140 valence electrons. The Hall–Kier alpha value is -2.09. The standard InChI is InChI=1S/C18H17F3O4S/c1-16(2)13-9-12(11-7-5-4-6-8-11)17(3,15(16)22)10-14(13)25-26(23,24)18(19,20)21/h4-10,13H,1-3H3/t13-,17-/m0/s1. The Morgan fingerprint density at radius 1 is 1.08 bits per heavy atom. The highest BCUT2D eigenvalue weighted by Crippen LogP contribution is 2.57. The summed E-state index contributed by atoms with van der Waals surface area (Å²) in [4.78, 5) is 13.0. The summed E-state index contributed by atoms with van der Waals surface area (Å²) in [7, 11) is -5.81. The minimum Gasteiger partial charge on any atom is -0.380 e. The lowest BCUT2D eigenvalue weighted by Crippen LogP contribution is -2.51. The predicted octanol–water partition coefficient (Wildman–Crippen LogP) is 4.07. The zero-order valence-corrected chi connectivity index (χ0v) is 15.1. The van der Waals surface area contributed by atoms with Gasteiger partial charge in [0.1, 0.15) is 5.76 Å². The molecule has 0 unspecified atom stereocenters. The van der Waals surface area contributed by atoms with Crippen molar-refractivity contribution in [3.05, 3.63) is 53.8 Å². The van der Waals surface area contributed by atoms with Crippen LogP contribution in [0.3, 0.4) is 0 Å². The summed E-state index contributed by atoms with van der Waals surface area (Å²) < 4.78 is 65.5. The van der Waals surface area contributed by atoms with Gasteiger partial charge in [0, 0.05) is 11.3 Å². The van der Waals surface area contributed by atoms with Crippen LogP contribution in [-0.2, 0) is 19.1 Å². The highest BCUT2D eigenvalue weighted by Gasteiger charge is 2.59. The maximum Gasteiger partial charge on any atom is 0.534 e. The zero-order valence-electron chi connectivity index (χ0n) is 14.3. The van der Waals surface area contributed by atoms with E-state index in [9.17, 15) is 26.4 Å². The van der Waals surface area contributed by atoms with Crippen LogP contribution < -0.4 is 0 Å². The first-order chi connectivity index (χ1) is 11.8. The summed E-state index contributed by atoms with van der Waals surface area (Å²) in [5.41, 5.74) is -6.54. The van der Waals surface area contributed by atoms with Crippen LogP contribution in [-0.4, -0.2) is 19.7 Å². The molecular weight excluding hydrogens is 369 g/mol. The summed E-state index contributed by atoms with van der Waals surface area (Å²) in [6.07, 6.45) is 2.84. The van der Waals surface area contributed by atoms with Crippen LogP contribution in [0.1, 0.15) is 26.3 Å². The summed E-state index contributed by atoms with van der Waals surface area (Å²) in [5, 5.41) is 0. The fourth-order valence-electron chi connectivity index (χ4n) is 3.70. The topological polar surface area (TPSA) is 60.4 Å². The third-order valence-corrected chi connectivity index (χ3v) is 6.02. The number of alkyl halides is 3. The van der Waals surface area contributed by atoms with Crippen LogP contribution in [0.15, 0.2) is 48.2 Å². The van der Waals surface area contributed by atoms with E-state index in [2.05, 4.69) is 4.18 Å². The molecule has 0 aliphatic heterocycles. The molecule has 2 atom stereocenters. The average Bonchev–Trinajstić information content (AvgIpc) is 2.52. The van der Waals surface area contributed by atoms with Gasteiger partial charge in [0.05, 0.1) is 5.41 Å². The lowest BCUT2D eigenvalue weighted by Gasteiger charge is -2.49. The van der Waals surface area contributed by atoms with E-state index in [4.69, 9.17) is 0 Å². The summed E-state index contributed by atoms with van der Waals surface area (Å²) >= 11 is 0. The number of fused-ring (bicyclic) bond motifs is 1. The Morgan fingerprint density at radius 3 is 2.19 bits per heavy atom. The van der Waals surface area contributed by atoms with E-state index in [0.29, 0.717) is 5.57 Å². The molecule has 4 nitrogen and oxygen atoms in total. The van der Waals surface area contributed by atoms with Crippen molar-refractivity contribution in [2.45, 2.75) is 26.3 Å². The lowest BCUT2D eigenvalue weighted by atomic mass is 9.53. The third-order valence-electron chi connectivity index (χ3n) is 5.04. The van der Waals surface area contributed by atoms with Crippen LogP contribution in [0.4, 0.5) is 13.2 Å². The molecule has 8 heteroatoms. The van der Waals surface area contributed by atoms with Crippen molar-refractivity contribution in [2.24, 2.45) is 16.7 Å². The molecule has 2 bridgehead atoms. The second-order valence-electron chi connectivity index (χ2n) is 7.21. The Bertz CT molecular complexity index is 927. The summed E-state index contributed by atoms with van der Waals surface area (Å²) in [6, 6.07) is 8.95. The second kappa shape index (κ2) is 5.45. The number of carbonyl (C=O) groups excluding carboxylic acids is 1. The van der Waals surface area contributed by atoms with Gasteiger partial charge < -0.3 is 4.18 Å². The predicted molar refractivity (Wildman–Crippen MR) is 88.9 cm³/mol. The van der Waals surface area contributed by atoms with Crippen molar-refractivity contribution in [2.75, 3.05) is 0 Å². The fraction of sp³-hybridized carbons (Fsp3) is 0.389. The normalized spacial score (nSPS) is 27.8. The number of Topliss-reactive ketones (excluding diaryl/α,β-unsaturated/α-hetero) is 1. The minimum absolute atomic E-state index is 0.201. The van der Waals surface area contributed by atoms with Crippen LogP contribution in [0.5, 0.6) is 0 Å². The third kappa shape index (κ3) is 2.58. The number of benzene rings is 1. The van der Waals surface area contributed by atoms with E-state index >= 15 is 0 Å². The molecule has 0 spiro atoms. The Balaban J connectivity index is 2.13. The quantitative estimate of drug-likeness (QED) is 0.581. The van der Waals surface area contributed by atoms with Gasteiger partial charge in [0.2, 0.25) is 0 Å². The molecule has 0 aromatic heterocycles. The van der Waals surface area contributed by atoms with Gasteiger partial charge in [-0.2, -0.15) is 21.6 Å². The van der Waals surface area contributed by atoms with E-state index in [-0.39, 0.29) is 11.5 Å². The maximum absolute atomic E-state index is 13.0. The molecule has 1 aromatic carbocycles. The molecule has 0 saturated carbocycles. The molecule has 0 N–H and O–H groups in total. The van der Waals surface area contributed by atoms with Gasteiger partial charge in [-0.15, -0.1) is 0 Å². The van der Waals surface area contributed by atoms with Crippen molar-refractivity contribution >= 4 is 21.5 Å². The first kappa shape index (κ1) is 18.7. The SMILES string of the molecule is CC1(C)C(=O)[C@@]2(C)C=C(OS(=O)(=O)C(F)(F)F)[C@@H]1C=C2c1ccccc1. The van der Waals surface area contributed by atoms with Crippen molar-refractivity contribution in [1.82, 2.24) is 0 Å². The summed E-state index contributed by atoms with van der Waals surface area (Å²) in [5.74, 6) is -1.48. The number of halogens is 3. The fourth-order valence-corrected chi connectivity index (χ4v) is 4.20. The number of allylic oxidation sites excluding steroid dienone is 3. The molecule has 1 aromatic rings. The van der Waals surface area contributed by atoms with Gasteiger partial charge in [-0.25, -0.2) is 0 Å². The molecule has 0 saturated heterocycles. The smallest absolute Gasteiger partial charge is 0.380 e.